The predicted molar refractivity (Wildman–Crippen MR) is 143 cm³/mol. The first-order valence-electron chi connectivity index (χ1n) is 13.4. The average molecular weight is 519 g/mol. The van der Waals surface area contributed by atoms with E-state index in [1.54, 1.807) is 6.07 Å². The number of piperazine rings is 1. The molecule has 5 heterocycles. The van der Waals surface area contributed by atoms with E-state index in [1.807, 2.05) is 22.9 Å². The number of nitrogens with one attached hydrogen (secondary N) is 1. The molecule has 10 heteroatoms. The van der Waals surface area contributed by atoms with E-state index in [-0.39, 0.29) is 17.6 Å². The Balaban J connectivity index is 1.21. The molecule has 3 aromatic heterocycles. The van der Waals surface area contributed by atoms with Crippen molar-refractivity contribution in [3.05, 3.63) is 59.7 Å². The van der Waals surface area contributed by atoms with Crippen molar-refractivity contribution >= 4 is 22.8 Å². The fourth-order valence-corrected chi connectivity index (χ4v) is 5.49. The van der Waals surface area contributed by atoms with Gasteiger partial charge in [0.1, 0.15) is 22.9 Å². The van der Waals surface area contributed by atoms with Crippen LogP contribution >= 0.6 is 0 Å². The van der Waals surface area contributed by atoms with E-state index in [4.69, 9.17) is 0 Å². The van der Waals surface area contributed by atoms with Crippen LogP contribution in [0.4, 0.5) is 20.5 Å². The number of anilines is 2. The zero-order chi connectivity index (χ0) is 26.2. The van der Waals surface area contributed by atoms with Crippen LogP contribution in [-0.4, -0.2) is 67.0 Å². The first-order valence-corrected chi connectivity index (χ1v) is 13.4. The Hall–Kier alpha value is -3.50. The van der Waals surface area contributed by atoms with Gasteiger partial charge >= 0.3 is 0 Å². The van der Waals surface area contributed by atoms with E-state index in [9.17, 15) is 4.39 Å². The lowest BCUT2D eigenvalue weighted by molar-refractivity contribution is 0.132. The Morgan fingerprint density at radius 1 is 0.947 bits per heavy atom. The third kappa shape index (κ3) is 4.86. The van der Waals surface area contributed by atoms with E-state index in [0.717, 1.165) is 76.2 Å². The molecule has 2 aliphatic rings. The maximum absolute atomic E-state index is 15.1. The van der Waals surface area contributed by atoms with Crippen molar-refractivity contribution in [2.24, 2.45) is 0 Å². The normalized spacial score (nSPS) is 18.6. The number of imidazole rings is 1. The molecule has 8 nitrogen and oxygen atoms in total. The van der Waals surface area contributed by atoms with Crippen LogP contribution in [0.15, 0.2) is 36.7 Å². The van der Waals surface area contributed by atoms with E-state index in [2.05, 4.69) is 48.9 Å². The summed E-state index contributed by atoms with van der Waals surface area (Å²) >= 11 is 0. The standard InChI is InChI=1S/C28H32F2N8/c1-3-36-9-11-37(12-10-36)17-19-6-7-24(31-15-19)33-28-32-16-22(30)25(35-28)20-13-21(29)26-23(14-20)38-8-4-5-18(2)27(38)34-26/h6-7,13-16,18H,3-5,8-12,17H2,1-2H3,(H,31,32,33,35). The molecule has 0 radical (unpaired) electrons. The number of fused-ring (bicyclic) bond motifs is 3. The lowest BCUT2D eigenvalue weighted by atomic mass is 10.0. The summed E-state index contributed by atoms with van der Waals surface area (Å²) in [6.45, 7) is 11.3. The predicted octanol–water partition coefficient (Wildman–Crippen LogP) is 4.94. The Morgan fingerprint density at radius 3 is 2.53 bits per heavy atom. The van der Waals surface area contributed by atoms with Gasteiger partial charge in [-0.15, -0.1) is 0 Å². The van der Waals surface area contributed by atoms with Crippen molar-refractivity contribution in [2.75, 3.05) is 38.0 Å². The maximum atomic E-state index is 15.1. The molecule has 1 saturated heterocycles. The van der Waals surface area contributed by atoms with Gasteiger partial charge in [-0.05, 0) is 43.1 Å². The Bertz CT molecular complexity index is 1440. The fraction of sp³-hybridized carbons (Fsp3) is 0.429. The molecular formula is C28H32F2N8. The molecule has 0 aliphatic carbocycles. The van der Waals surface area contributed by atoms with E-state index >= 15 is 4.39 Å². The van der Waals surface area contributed by atoms with Gasteiger partial charge in [0.25, 0.3) is 0 Å². The van der Waals surface area contributed by atoms with Gasteiger partial charge in [0, 0.05) is 56.9 Å². The summed E-state index contributed by atoms with van der Waals surface area (Å²) in [5.74, 6) is 0.797. The van der Waals surface area contributed by atoms with Crippen LogP contribution in [0, 0.1) is 11.6 Å². The highest BCUT2D eigenvalue weighted by molar-refractivity contribution is 5.83. The Morgan fingerprint density at radius 2 is 1.76 bits per heavy atom. The summed E-state index contributed by atoms with van der Waals surface area (Å²) in [6.07, 6.45) is 4.97. The highest BCUT2D eigenvalue weighted by Crippen LogP contribution is 2.34. The number of pyridine rings is 1. The SMILES string of the molecule is CCN1CCN(Cc2ccc(Nc3ncc(F)c(-c4cc(F)c5nc6n(c5c4)CCCC6C)n3)nc2)CC1. The summed E-state index contributed by atoms with van der Waals surface area (Å²) in [4.78, 5) is 22.4. The summed E-state index contributed by atoms with van der Waals surface area (Å²) < 4.78 is 32.0. The van der Waals surface area contributed by atoms with Crippen LogP contribution in [0.3, 0.4) is 0 Å². The third-order valence-electron chi connectivity index (χ3n) is 7.70. The maximum Gasteiger partial charge on any atom is 0.229 e. The largest absolute Gasteiger partial charge is 0.328 e. The molecule has 1 fully saturated rings. The van der Waals surface area contributed by atoms with Gasteiger partial charge in [-0.1, -0.05) is 19.9 Å². The quantitative estimate of drug-likeness (QED) is 0.387. The van der Waals surface area contributed by atoms with Crippen molar-refractivity contribution in [1.82, 2.24) is 34.3 Å². The van der Waals surface area contributed by atoms with Crippen molar-refractivity contribution in [1.29, 1.82) is 0 Å². The first-order chi connectivity index (χ1) is 18.5. The van der Waals surface area contributed by atoms with Crippen LogP contribution in [0.2, 0.25) is 0 Å². The second-order valence-electron chi connectivity index (χ2n) is 10.3. The van der Waals surface area contributed by atoms with Crippen LogP contribution in [-0.2, 0) is 13.1 Å². The van der Waals surface area contributed by atoms with Gasteiger partial charge in [0.05, 0.1) is 11.7 Å². The lowest BCUT2D eigenvalue weighted by Crippen LogP contribution is -2.45. The van der Waals surface area contributed by atoms with E-state index < -0.39 is 11.6 Å². The summed E-state index contributed by atoms with van der Waals surface area (Å²) in [5.41, 5.74) is 2.50. The molecule has 1 N–H and O–H groups in total. The summed E-state index contributed by atoms with van der Waals surface area (Å²) in [5, 5.41) is 3.06. The van der Waals surface area contributed by atoms with E-state index in [0.29, 0.717) is 22.4 Å². The number of likely N-dealkylation sites (N-methyl/N-ethyl adjacent to an activating group) is 1. The Labute approximate surface area is 220 Å². The Kier molecular flexibility index (Phi) is 6.75. The van der Waals surface area contributed by atoms with Crippen LogP contribution in [0.1, 0.15) is 44.0 Å². The van der Waals surface area contributed by atoms with Crippen molar-refractivity contribution in [2.45, 2.75) is 45.7 Å². The van der Waals surface area contributed by atoms with Gasteiger partial charge in [-0.25, -0.2) is 28.7 Å². The number of nitrogens with zero attached hydrogens (tertiary/aromatic N) is 7. The monoisotopic (exact) mass is 518 g/mol. The minimum absolute atomic E-state index is 0.0329. The highest BCUT2D eigenvalue weighted by atomic mass is 19.1. The smallest absolute Gasteiger partial charge is 0.229 e. The molecule has 6 rings (SSSR count). The minimum atomic E-state index is -0.618. The second kappa shape index (κ2) is 10.3. The number of halogens is 2. The van der Waals surface area contributed by atoms with Crippen molar-refractivity contribution in [3.63, 3.8) is 0 Å². The topological polar surface area (TPSA) is 75.0 Å². The molecule has 1 atom stereocenters. The molecule has 0 spiro atoms. The summed E-state index contributed by atoms with van der Waals surface area (Å²) in [6, 6.07) is 6.97. The first kappa shape index (κ1) is 24.8. The molecule has 198 valence electrons. The third-order valence-corrected chi connectivity index (χ3v) is 7.70. The van der Waals surface area contributed by atoms with Gasteiger partial charge < -0.3 is 14.8 Å². The minimum Gasteiger partial charge on any atom is -0.328 e. The number of benzene rings is 1. The molecule has 0 bridgehead atoms. The molecule has 1 aromatic carbocycles. The molecule has 1 unspecified atom stereocenters. The molecule has 4 aromatic rings. The fourth-order valence-electron chi connectivity index (χ4n) is 5.49. The van der Waals surface area contributed by atoms with Crippen molar-refractivity contribution in [3.8, 4) is 11.3 Å². The zero-order valence-corrected chi connectivity index (χ0v) is 21.8. The van der Waals surface area contributed by atoms with Gasteiger partial charge in [0.2, 0.25) is 5.95 Å². The molecule has 0 amide bonds. The van der Waals surface area contributed by atoms with E-state index in [1.165, 1.54) is 6.07 Å². The molecule has 0 saturated carbocycles. The number of rotatable bonds is 6. The number of aromatic nitrogens is 5. The summed E-state index contributed by atoms with van der Waals surface area (Å²) in [7, 11) is 0. The molecular weight excluding hydrogens is 486 g/mol. The molecule has 2 aliphatic heterocycles. The molecule has 38 heavy (non-hydrogen) atoms. The number of hydrogen-bond acceptors (Lipinski definition) is 7. The zero-order valence-electron chi connectivity index (χ0n) is 21.8. The van der Waals surface area contributed by atoms with Crippen molar-refractivity contribution < 1.29 is 8.78 Å². The lowest BCUT2D eigenvalue weighted by Gasteiger charge is -2.33. The highest BCUT2D eigenvalue weighted by Gasteiger charge is 2.24. The second-order valence-corrected chi connectivity index (χ2v) is 10.3. The average Bonchev–Trinajstić information content (AvgIpc) is 3.32. The van der Waals surface area contributed by atoms with Gasteiger partial charge in [-0.2, -0.15) is 0 Å². The number of aryl methyl sites for hydroxylation is 1. The van der Waals surface area contributed by atoms with Gasteiger partial charge in [-0.3, -0.25) is 4.90 Å². The van der Waals surface area contributed by atoms with Crippen LogP contribution < -0.4 is 5.32 Å². The number of hydrogen-bond donors (Lipinski definition) is 1. The van der Waals surface area contributed by atoms with Crippen LogP contribution in [0.5, 0.6) is 0 Å². The van der Waals surface area contributed by atoms with Crippen LogP contribution in [0.25, 0.3) is 22.3 Å². The van der Waals surface area contributed by atoms with Gasteiger partial charge in [0.15, 0.2) is 11.6 Å².